The van der Waals surface area contributed by atoms with Crippen molar-refractivity contribution in [2.45, 2.75) is 19.4 Å². The van der Waals surface area contributed by atoms with Gasteiger partial charge in [-0.3, -0.25) is 9.89 Å². The molecule has 7 heteroatoms. The number of carbonyl (C=O) groups excluding carboxylic acids is 1. The third-order valence-corrected chi connectivity index (χ3v) is 6.09. The first-order valence-electron chi connectivity index (χ1n) is 10.9. The van der Waals surface area contributed by atoms with E-state index in [0.717, 1.165) is 23.4 Å². The van der Waals surface area contributed by atoms with Gasteiger partial charge in [0.25, 0.3) is 5.91 Å². The van der Waals surface area contributed by atoms with E-state index in [1.807, 2.05) is 41.4 Å². The lowest BCUT2D eigenvalue weighted by atomic mass is 10.1. The second-order valence-electron chi connectivity index (χ2n) is 8.14. The van der Waals surface area contributed by atoms with E-state index in [0.29, 0.717) is 30.2 Å². The molecule has 2 aromatic carbocycles. The number of fused-ring (bicyclic) bond motifs is 1. The molecule has 2 N–H and O–H groups in total. The number of ether oxygens (including phenoxy) is 2. The Kier molecular flexibility index (Phi) is 5.58. The van der Waals surface area contributed by atoms with Crippen molar-refractivity contribution in [2.75, 3.05) is 33.0 Å². The van der Waals surface area contributed by atoms with Gasteiger partial charge in [0.1, 0.15) is 0 Å². The van der Waals surface area contributed by atoms with Crippen LogP contribution in [0.5, 0.6) is 11.5 Å². The average Bonchev–Trinajstić information content (AvgIpc) is 3.58. The van der Waals surface area contributed by atoms with Crippen molar-refractivity contribution in [3.63, 3.8) is 0 Å². The lowest BCUT2D eigenvalue weighted by Crippen LogP contribution is -3.10. The van der Waals surface area contributed by atoms with E-state index in [1.165, 1.54) is 25.9 Å². The van der Waals surface area contributed by atoms with E-state index in [1.54, 1.807) is 11.0 Å². The summed E-state index contributed by atoms with van der Waals surface area (Å²) < 4.78 is 10.9. The molecule has 0 aliphatic carbocycles. The minimum absolute atomic E-state index is 0.00268. The molecule has 2 aliphatic rings. The van der Waals surface area contributed by atoms with Crippen LogP contribution >= 0.6 is 0 Å². The normalized spacial score (nSPS) is 15.4. The summed E-state index contributed by atoms with van der Waals surface area (Å²) >= 11 is 0. The van der Waals surface area contributed by atoms with Crippen LogP contribution in [0.2, 0.25) is 0 Å². The van der Waals surface area contributed by atoms with Crippen LogP contribution in [0.15, 0.2) is 54.7 Å². The number of amides is 1. The highest BCUT2D eigenvalue weighted by Gasteiger charge is 2.24. The maximum absolute atomic E-state index is 13.5. The quantitative estimate of drug-likeness (QED) is 0.616. The molecule has 31 heavy (non-hydrogen) atoms. The number of hydrogen-bond acceptors (Lipinski definition) is 4. The highest BCUT2D eigenvalue weighted by molar-refractivity contribution is 5.95. The van der Waals surface area contributed by atoms with Crippen molar-refractivity contribution in [1.29, 1.82) is 0 Å². The molecule has 5 rings (SSSR count). The van der Waals surface area contributed by atoms with E-state index in [2.05, 4.69) is 22.3 Å². The van der Waals surface area contributed by atoms with Crippen LogP contribution in [0.25, 0.3) is 11.3 Å². The highest BCUT2D eigenvalue weighted by atomic mass is 16.7. The van der Waals surface area contributed by atoms with Gasteiger partial charge in [0.2, 0.25) is 6.79 Å². The van der Waals surface area contributed by atoms with E-state index in [-0.39, 0.29) is 12.7 Å². The molecule has 0 spiro atoms. The summed E-state index contributed by atoms with van der Waals surface area (Å²) in [5.41, 5.74) is 3.65. The van der Waals surface area contributed by atoms with Gasteiger partial charge in [0.05, 0.1) is 38.1 Å². The fraction of sp³-hybridized carbons (Fsp3) is 0.333. The standard InChI is InChI=1S/C24H26N4O3/c29-24(19-8-9-21-22(14-19)31-17-30-21)28(13-12-27-10-4-5-11-27)16-20-15-25-26-23(20)18-6-2-1-3-7-18/h1-3,6-9,14-15H,4-5,10-13,16-17H2,(H,25,26)/p+1. The smallest absolute Gasteiger partial charge is 0.254 e. The minimum atomic E-state index is -0.00268. The average molecular weight is 420 g/mol. The molecule has 1 fully saturated rings. The molecule has 0 bridgehead atoms. The van der Waals surface area contributed by atoms with Gasteiger partial charge >= 0.3 is 0 Å². The number of benzene rings is 2. The molecule has 0 unspecified atom stereocenters. The first kappa shape index (κ1) is 19.6. The van der Waals surface area contributed by atoms with Gasteiger partial charge in [-0.25, -0.2) is 0 Å². The zero-order chi connectivity index (χ0) is 21.0. The van der Waals surface area contributed by atoms with Crippen LogP contribution in [-0.4, -0.2) is 54.0 Å². The fourth-order valence-electron chi connectivity index (χ4n) is 4.37. The Morgan fingerprint density at radius 3 is 2.71 bits per heavy atom. The number of quaternary nitrogens is 1. The van der Waals surface area contributed by atoms with E-state index < -0.39 is 0 Å². The molecule has 1 amide bonds. The molecule has 2 aliphatic heterocycles. The van der Waals surface area contributed by atoms with Crippen molar-refractivity contribution in [2.24, 2.45) is 0 Å². The largest absolute Gasteiger partial charge is 0.454 e. The van der Waals surface area contributed by atoms with Gasteiger partial charge in [0.15, 0.2) is 11.5 Å². The van der Waals surface area contributed by atoms with Gasteiger partial charge in [-0.2, -0.15) is 5.10 Å². The molecule has 0 atom stereocenters. The Hall–Kier alpha value is -3.32. The number of hydrogen-bond donors (Lipinski definition) is 2. The number of H-pyrrole nitrogens is 1. The van der Waals surface area contributed by atoms with Gasteiger partial charge in [-0.1, -0.05) is 30.3 Å². The van der Waals surface area contributed by atoms with Crippen LogP contribution in [0, 0.1) is 0 Å². The topological polar surface area (TPSA) is 71.9 Å². The number of carbonyl (C=O) groups is 1. The summed E-state index contributed by atoms with van der Waals surface area (Å²) in [6.45, 7) is 4.72. The monoisotopic (exact) mass is 419 g/mol. The molecular formula is C24H27N4O3+. The Balaban J connectivity index is 1.39. The molecule has 3 aromatic rings. The Morgan fingerprint density at radius 2 is 1.87 bits per heavy atom. The van der Waals surface area contributed by atoms with E-state index in [9.17, 15) is 4.79 Å². The molecule has 7 nitrogen and oxygen atoms in total. The van der Waals surface area contributed by atoms with Crippen LogP contribution < -0.4 is 14.4 Å². The third kappa shape index (κ3) is 4.27. The predicted molar refractivity (Wildman–Crippen MR) is 116 cm³/mol. The predicted octanol–water partition coefficient (Wildman–Crippen LogP) is 2.13. The summed E-state index contributed by atoms with van der Waals surface area (Å²) in [7, 11) is 0. The third-order valence-electron chi connectivity index (χ3n) is 6.09. The zero-order valence-electron chi connectivity index (χ0n) is 17.5. The summed E-state index contributed by atoms with van der Waals surface area (Å²) in [6.07, 6.45) is 4.36. The molecule has 160 valence electrons. The van der Waals surface area contributed by atoms with E-state index in [4.69, 9.17) is 9.47 Å². The number of nitrogens with one attached hydrogen (secondary N) is 2. The van der Waals surface area contributed by atoms with Gasteiger partial charge in [-0.15, -0.1) is 0 Å². The summed E-state index contributed by atoms with van der Waals surface area (Å²) in [5.74, 6) is 1.31. The zero-order valence-corrected chi connectivity index (χ0v) is 17.5. The van der Waals surface area contributed by atoms with Crippen molar-refractivity contribution in [3.8, 4) is 22.8 Å². The van der Waals surface area contributed by atoms with Crippen molar-refractivity contribution < 1.29 is 19.2 Å². The minimum Gasteiger partial charge on any atom is -0.454 e. The Bertz CT molecular complexity index is 1040. The Morgan fingerprint density at radius 1 is 1.06 bits per heavy atom. The van der Waals surface area contributed by atoms with Crippen molar-refractivity contribution in [3.05, 3.63) is 65.9 Å². The summed E-state index contributed by atoms with van der Waals surface area (Å²) in [4.78, 5) is 17.0. The summed E-state index contributed by atoms with van der Waals surface area (Å²) in [5, 5.41) is 7.37. The van der Waals surface area contributed by atoms with Gasteiger partial charge in [-0.05, 0) is 23.8 Å². The van der Waals surface area contributed by atoms with Crippen LogP contribution in [0.1, 0.15) is 28.8 Å². The number of aromatic nitrogens is 2. The van der Waals surface area contributed by atoms with Gasteiger partial charge in [0, 0.05) is 30.5 Å². The number of nitrogens with zero attached hydrogens (tertiary/aromatic N) is 2. The van der Waals surface area contributed by atoms with E-state index >= 15 is 0 Å². The molecule has 1 saturated heterocycles. The van der Waals surface area contributed by atoms with Crippen molar-refractivity contribution >= 4 is 5.91 Å². The van der Waals surface area contributed by atoms with Crippen LogP contribution in [0.3, 0.4) is 0 Å². The van der Waals surface area contributed by atoms with Gasteiger partial charge < -0.3 is 19.3 Å². The van der Waals surface area contributed by atoms with Crippen molar-refractivity contribution in [1.82, 2.24) is 15.1 Å². The molecule has 3 heterocycles. The highest BCUT2D eigenvalue weighted by Crippen LogP contribution is 2.33. The lowest BCUT2D eigenvalue weighted by molar-refractivity contribution is -0.886. The molecule has 0 saturated carbocycles. The number of rotatable bonds is 7. The molecular weight excluding hydrogens is 392 g/mol. The Labute approximate surface area is 181 Å². The molecule has 1 aromatic heterocycles. The second kappa shape index (κ2) is 8.81. The maximum Gasteiger partial charge on any atom is 0.254 e. The molecule has 0 radical (unpaired) electrons. The first-order chi connectivity index (χ1) is 15.3. The fourth-order valence-corrected chi connectivity index (χ4v) is 4.37. The SMILES string of the molecule is O=C(c1ccc2c(c1)OCO2)N(CC[NH+]1CCCC1)Cc1cn[nH]c1-c1ccccc1. The number of likely N-dealkylation sites (tertiary alicyclic amines) is 1. The maximum atomic E-state index is 13.5. The van der Waals surface area contributed by atoms with Crippen LogP contribution in [-0.2, 0) is 6.54 Å². The number of aromatic amines is 1. The summed E-state index contributed by atoms with van der Waals surface area (Å²) in [6, 6.07) is 15.5. The second-order valence-corrected chi connectivity index (χ2v) is 8.14. The first-order valence-corrected chi connectivity index (χ1v) is 10.9. The lowest BCUT2D eigenvalue weighted by Gasteiger charge is -2.24. The van der Waals surface area contributed by atoms with Crippen LogP contribution in [0.4, 0.5) is 0 Å².